The topological polar surface area (TPSA) is 91.0 Å². The van der Waals surface area contributed by atoms with E-state index >= 15 is 0 Å². The molecule has 1 aromatic carbocycles. The number of nitrogens with two attached hydrogens (primary N) is 1. The summed E-state index contributed by atoms with van der Waals surface area (Å²) in [5, 5.41) is 0.0189. The molecule has 0 spiro atoms. The van der Waals surface area contributed by atoms with Gasteiger partial charge in [0.15, 0.2) is 0 Å². The molecule has 132 valence electrons. The highest BCUT2D eigenvalue weighted by molar-refractivity contribution is 6.31. The Morgan fingerprint density at radius 3 is 2.46 bits per heavy atom. The maximum Gasteiger partial charge on any atom is 0.286 e. The maximum atomic E-state index is 13.4. The molecule has 6 nitrogen and oxygen atoms in total. The second-order valence-electron chi connectivity index (χ2n) is 5.49. The lowest BCUT2D eigenvalue weighted by atomic mass is 10.0. The van der Waals surface area contributed by atoms with E-state index in [-0.39, 0.29) is 10.8 Å². The zero-order valence-corrected chi connectivity index (χ0v) is 14.5. The SMILES string of the molecule is COc1ncc(Cc2cnc(C(N)=O)nc2)cc1-c1ccc(F)c(Cl)c1. The number of nitrogens with zero attached hydrogens (tertiary/aromatic N) is 3. The van der Waals surface area contributed by atoms with Gasteiger partial charge in [0.25, 0.3) is 5.91 Å². The van der Waals surface area contributed by atoms with Crippen LogP contribution in [0.5, 0.6) is 5.88 Å². The molecule has 0 saturated heterocycles. The molecule has 2 N–H and O–H groups in total. The molecular formula is C18H14ClFN4O2. The van der Waals surface area contributed by atoms with Crippen molar-refractivity contribution in [3.05, 3.63) is 70.6 Å². The summed E-state index contributed by atoms with van der Waals surface area (Å²) < 4.78 is 18.7. The number of benzene rings is 1. The number of aromatic nitrogens is 3. The minimum absolute atomic E-state index is 0.0189. The van der Waals surface area contributed by atoms with Gasteiger partial charge in [0.2, 0.25) is 11.7 Å². The fraction of sp³-hybridized carbons (Fsp3) is 0.111. The van der Waals surface area contributed by atoms with Crippen LogP contribution in [0.4, 0.5) is 4.39 Å². The average Bonchev–Trinajstić information content (AvgIpc) is 2.64. The summed E-state index contributed by atoms with van der Waals surface area (Å²) in [6, 6.07) is 6.29. The number of pyridine rings is 1. The van der Waals surface area contributed by atoms with Gasteiger partial charge < -0.3 is 10.5 Å². The smallest absolute Gasteiger partial charge is 0.286 e. The normalized spacial score (nSPS) is 10.6. The van der Waals surface area contributed by atoms with Gasteiger partial charge in [-0.15, -0.1) is 0 Å². The minimum Gasteiger partial charge on any atom is -0.481 e. The highest BCUT2D eigenvalue weighted by Gasteiger charge is 2.12. The number of hydrogen-bond donors (Lipinski definition) is 1. The Labute approximate surface area is 153 Å². The van der Waals surface area contributed by atoms with Crippen LogP contribution < -0.4 is 10.5 Å². The number of halogens is 2. The molecule has 1 amide bonds. The van der Waals surface area contributed by atoms with Gasteiger partial charge in [0.1, 0.15) is 5.82 Å². The molecule has 8 heteroatoms. The zero-order valence-electron chi connectivity index (χ0n) is 13.7. The third-order valence-corrected chi connectivity index (χ3v) is 3.96. The Bertz CT molecular complexity index is 964. The Balaban J connectivity index is 1.94. The van der Waals surface area contributed by atoms with Crippen molar-refractivity contribution in [2.24, 2.45) is 5.73 Å². The number of carbonyl (C=O) groups excluding carboxylic acids is 1. The van der Waals surface area contributed by atoms with Crippen LogP contribution in [0.3, 0.4) is 0 Å². The van der Waals surface area contributed by atoms with E-state index in [1.54, 1.807) is 12.3 Å². The average molecular weight is 373 g/mol. The number of hydrogen-bond acceptors (Lipinski definition) is 5. The van der Waals surface area contributed by atoms with Crippen molar-refractivity contribution >= 4 is 17.5 Å². The monoisotopic (exact) mass is 372 g/mol. The number of primary amides is 1. The van der Waals surface area contributed by atoms with Crippen molar-refractivity contribution in [3.63, 3.8) is 0 Å². The quantitative estimate of drug-likeness (QED) is 0.743. The minimum atomic E-state index is -0.682. The zero-order chi connectivity index (χ0) is 18.7. The largest absolute Gasteiger partial charge is 0.481 e. The summed E-state index contributed by atoms with van der Waals surface area (Å²) in [5.74, 6) is -0.816. The first-order chi connectivity index (χ1) is 12.5. The van der Waals surface area contributed by atoms with Crippen molar-refractivity contribution in [1.29, 1.82) is 0 Å². The van der Waals surface area contributed by atoms with E-state index in [9.17, 15) is 9.18 Å². The summed E-state index contributed by atoms with van der Waals surface area (Å²) in [6.45, 7) is 0. The Kier molecular flexibility index (Phi) is 5.09. The molecule has 0 unspecified atom stereocenters. The first-order valence-electron chi connectivity index (χ1n) is 7.57. The van der Waals surface area contributed by atoms with Gasteiger partial charge in [-0.25, -0.2) is 19.3 Å². The molecule has 0 fully saturated rings. The number of methoxy groups -OCH3 is 1. The van der Waals surface area contributed by atoms with E-state index in [0.717, 1.165) is 11.1 Å². The van der Waals surface area contributed by atoms with Crippen LogP contribution in [-0.4, -0.2) is 28.0 Å². The highest BCUT2D eigenvalue weighted by Crippen LogP contribution is 2.31. The van der Waals surface area contributed by atoms with Crippen LogP contribution in [0.1, 0.15) is 21.7 Å². The van der Waals surface area contributed by atoms with E-state index in [4.69, 9.17) is 22.1 Å². The lowest BCUT2D eigenvalue weighted by Gasteiger charge is -2.11. The summed E-state index contributed by atoms with van der Waals surface area (Å²) >= 11 is 5.88. The van der Waals surface area contributed by atoms with Crippen LogP contribution in [0, 0.1) is 5.82 Å². The molecule has 3 rings (SSSR count). The van der Waals surface area contributed by atoms with Gasteiger partial charge >= 0.3 is 0 Å². The molecular weight excluding hydrogens is 359 g/mol. The Hall–Kier alpha value is -3.06. The standard InChI is InChI=1S/C18H14ClFN4O2/c1-26-18-13(12-2-3-15(20)14(19)6-12)5-10(7-24-18)4-11-8-22-17(16(21)25)23-9-11/h2-3,5-9H,4H2,1H3,(H2,21,25). The van der Waals surface area contributed by atoms with Crippen molar-refractivity contribution in [2.75, 3.05) is 7.11 Å². The van der Waals surface area contributed by atoms with Crippen LogP contribution in [0.2, 0.25) is 5.02 Å². The summed E-state index contributed by atoms with van der Waals surface area (Å²) in [6.07, 6.45) is 5.21. The van der Waals surface area contributed by atoms with E-state index in [1.165, 1.54) is 31.6 Å². The summed E-state index contributed by atoms with van der Waals surface area (Å²) in [5.41, 5.74) is 8.14. The number of ether oxygens (including phenoxy) is 1. The first kappa shape index (κ1) is 17.8. The summed E-state index contributed by atoms with van der Waals surface area (Å²) in [7, 11) is 1.51. The molecule has 2 heterocycles. The van der Waals surface area contributed by atoms with Crippen molar-refractivity contribution in [1.82, 2.24) is 15.0 Å². The third kappa shape index (κ3) is 3.78. The number of rotatable bonds is 5. The van der Waals surface area contributed by atoms with Crippen molar-refractivity contribution < 1.29 is 13.9 Å². The van der Waals surface area contributed by atoms with Gasteiger partial charge in [-0.3, -0.25) is 4.79 Å². The Morgan fingerprint density at radius 2 is 1.85 bits per heavy atom. The molecule has 0 atom stereocenters. The third-order valence-electron chi connectivity index (χ3n) is 3.67. The highest BCUT2D eigenvalue weighted by atomic mass is 35.5. The van der Waals surface area contributed by atoms with Gasteiger partial charge in [-0.1, -0.05) is 17.7 Å². The molecule has 26 heavy (non-hydrogen) atoms. The molecule has 0 bridgehead atoms. The number of carbonyl (C=O) groups is 1. The van der Waals surface area contributed by atoms with Gasteiger partial charge in [-0.05, 0) is 34.9 Å². The first-order valence-corrected chi connectivity index (χ1v) is 7.95. The molecule has 3 aromatic rings. The predicted octanol–water partition coefficient (Wildman–Crippen LogP) is 3.03. The van der Waals surface area contributed by atoms with Gasteiger partial charge in [0.05, 0.1) is 12.1 Å². The Morgan fingerprint density at radius 1 is 1.15 bits per heavy atom. The molecule has 2 aromatic heterocycles. The summed E-state index contributed by atoms with van der Waals surface area (Å²) in [4.78, 5) is 23.2. The van der Waals surface area contributed by atoms with E-state index in [0.29, 0.717) is 23.4 Å². The van der Waals surface area contributed by atoms with Gasteiger partial charge in [-0.2, -0.15) is 0 Å². The van der Waals surface area contributed by atoms with E-state index in [1.807, 2.05) is 6.07 Å². The van der Waals surface area contributed by atoms with Crippen LogP contribution in [-0.2, 0) is 6.42 Å². The van der Waals surface area contributed by atoms with E-state index < -0.39 is 11.7 Å². The van der Waals surface area contributed by atoms with E-state index in [2.05, 4.69) is 15.0 Å². The van der Waals surface area contributed by atoms with Crippen molar-refractivity contribution in [3.8, 4) is 17.0 Å². The fourth-order valence-corrected chi connectivity index (χ4v) is 2.61. The lowest BCUT2D eigenvalue weighted by molar-refractivity contribution is 0.0990. The van der Waals surface area contributed by atoms with Crippen LogP contribution >= 0.6 is 11.6 Å². The lowest BCUT2D eigenvalue weighted by Crippen LogP contribution is -2.15. The number of amides is 1. The van der Waals surface area contributed by atoms with Crippen LogP contribution in [0.25, 0.3) is 11.1 Å². The van der Waals surface area contributed by atoms with Gasteiger partial charge in [0, 0.05) is 30.6 Å². The molecule has 0 aliphatic heterocycles. The predicted molar refractivity (Wildman–Crippen MR) is 94.5 cm³/mol. The van der Waals surface area contributed by atoms with Crippen molar-refractivity contribution in [2.45, 2.75) is 6.42 Å². The van der Waals surface area contributed by atoms with Crippen LogP contribution in [0.15, 0.2) is 42.9 Å². The molecule has 0 aliphatic rings. The maximum absolute atomic E-state index is 13.4. The second-order valence-corrected chi connectivity index (χ2v) is 5.89. The second kappa shape index (κ2) is 7.45. The fourth-order valence-electron chi connectivity index (χ4n) is 2.43. The molecule has 0 aliphatic carbocycles. The molecule has 0 saturated carbocycles. The molecule has 0 radical (unpaired) electrons.